The fraction of sp³-hybridized carbons (Fsp3) is 0.185. The summed E-state index contributed by atoms with van der Waals surface area (Å²) in [7, 11) is 0. The molecular formula is C27H22N2O7. The number of hydrogen-bond donors (Lipinski definition) is 1. The second-order valence-electron chi connectivity index (χ2n) is 8.25. The normalized spacial score (nSPS) is 14.7. The van der Waals surface area contributed by atoms with Crippen molar-refractivity contribution in [3.05, 3.63) is 89.5 Å². The lowest BCUT2D eigenvalue weighted by Gasteiger charge is -2.24. The van der Waals surface area contributed by atoms with Crippen molar-refractivity contribution in [1.82, 2.24) is 4.90 Å². The average molecular weight is 486 g/mol. The summed E-state index contributed by atoms with van der Waals surface area (Å²) >= 11 is 0. The first-order chi connectivity index (χ1) is 17.5. The van der Waals surface area contributed by atoms with E-state index >= 15 is 0 Å². The first-order valence-electron chi connectivity index (χ1n) is 11.4. The van der Waals surface area contributed by atoms with Gasteiger partial charge in [0.2, 0.25) is 0 Å². The summed E-state index contributed by atoms with van der Waals surface area (Å²) in [6.45, 7) is 0.260. The lowest BCUT2D eigenvalue weighted by atomic mass is 10.0. The van der Waals surface area contributed by atoms with Crippen LogP contribution >= 0.6 is 0 Å². The van der Waals surface area contributed by atoms with E-state index in [0.29, 0.717) is 30.4 Å². The molecule has 3 aromatic carbocycles. The maximum atomic E-state index is 13.1. The molecule has 2 heterocycles. The van der Waals surface area contributed by atoms with E-state index in [9.17, 15) is 19.2 Å². The number of nitrogens with zero attached hydrogens (tertiary/aromatic N) is 1. The first kappa shape index (κ1) is 23.1. The first-order valence-corrected chi connectivity index (χ1v) is 11.4. The van der Waals surface area contributed by atoms with Gasteiger partial charge in [0, 0.05) is 18.2 Å². The van der Waals surface area contributed by atoms with Crippen LogP contribution in [0.3, 0.4) is 0 Å². The highest BCUT2D eigenvalue weighted by Gasteiger charge is 2.43. The fourth-order valence-corrected chi connectivity index (χ4v) is 4.16. The molecule has 3 aromatic rings. The molecule has 0 bridgehead atoms. The van der Waals surface area contributed by atoms with Crippen LogP contribution in [0.5, 0.6) is 11.5 Å². The highest BCUT2D eigenvalue weighted by atomic mass is 16.6. The van der Waals surface area contributed by atoms with Crippen LogP contribution in [0.15, 0.2) is 72.8 Å². The molecule has 5 rings (SSSR count). The van der Waals surface area contributed by atoms with Crippen molar-refractivity contribution in [1.29, 1.82) is 0 Å². The molecule has 0 spiro atoms. The number of carbonyl (C=O) groups is 4. The topological polar surface area (TPSA) is 111 Å². The average Bonchev–Trinajstić information content (AvgIpc) is 3.16. The van der Waals surface area contributed by atoms with Gasteiger partial charge >= 0.3 is 5.97 Å². The molecule has 0 unspecified atom stereocenters. The molecule has 1 N–H and O–H groups in total. The highest BCUT2D eigenvalue weighted by molar-refractivity contribution is 6.22. The number of carbonyl (C=O) groups excluding carboxylic acids is 4. The summed E-state index contributed by atoms with van der Waals surface area (Å²) in [5.74, 6) is -1.50. The SMILES string of the molecule is O=C(COC(=O)[C@H](Cc1ccccc1)N1C(=O)c2ccccc2C1=O)Nc1ccc2c(c1)OCCO2. The molecule has 0 aliphatic carbocycles. The third kappa shape index (κ3) is 4.63. The van der Waals surface area contributed by atoms with Crippen molar-refractivity contribution in [2.45, 2.75) is 12.5 Å². The molecule has 9 nitrogen and oxygen atoms in total. The number of esters is 1. The smallest absolute Gasteiger partial charge is 0.330 e. The standard InChI is InChI=1S/C27H22N2O7/c30-24(28-18-10-11-22-23(15-18)35-13-12-34-22)16-36-27(33)21(14-17-6-2-1-3-7-17)29-25(31)19-8-4-5-9-20(19)26(29)32/h1-11,15,21H,12-14,16H2,(H,28,30)/t21-/m0/s1. The predicted molar refractivity (Wildman–Crippen MR) is 128 cm³/mol. The summed E-state index contributed by atoms with van der Waals surface area (Å²) in [5, 5.41) is 2.64. The van der Waals surface area contributed by atoms with E-state index in [-0.39, 0.29) is 17.5 Å². The van der Waals surface area contributed by atoms with Gasteiger partial charge in [-0.3, -0.25) is 19.3 Å². The molecule has 0 aromatic heterocycles. The minimum atomic E-state index is -1.23. The van der Waals surface area contributed by atoms with Gasteiger partial charge in [-0.05, 0) is 29.8 Å². The van der Waals surface area contributed by atoms with E-state index < -0.39 is 36.3 Å². The summed E-state index contributed by atoms with van der Waals surface area (Å²) in [6.07, 6.45) is 0.0505. The Morgan fingerprint density at radius 2 is 1.50 bits per heavy atom. The number of rotatable bonds is 7. The van der Waals surface area contributed by atoms with Crippen molar-refractivity contribution in [3.63, 3.8) is 0 Å². The van der Waals surface area contributed by atoms with Gasteiger partial charge in [0.1, 0.15) is 19.3 Å². The molecule has 36 heavy (non-hydrogen) atoms. The number of benzene rings is 3. The van der Waals surface area contributed by atoms with Gasteiger partial charge in [0.15, 0.2) is 18.1 Å². The molecule has 1 atom stereocenters. The molecule has 0 fully saturated rings. The van der Waals surface area contributed by atoms with Gasteiger partial charge in [-0.15, -0.1) is 0 Å². The van der Waals surface area contributed by atoms with E-state index in [1.807, 2.05) is 6.07 Å². The van der Waals surface area contributed by atoms with E-state index in [1.54, 1.807) is 66.7 Å². The Hall–Kier alpha value is -4.66. The Morgan fingerprint density at radius 1 is 0.861 bits per heavy atom. The van der Waals surface area contributed by atoms with Crippen molar-refractivity contribution in [3.8, 4) is 11.5 Å². The number of anilines is 1. The number of amides is 3. The van der Waals surface area contributed by atoms with Crippen molar-refractivity contribution in [2.24, 2.45) is 0 Å². The lowest BCUT2D eigenvalue weighted by molar-refractivity contribution is -0.151. The number of imide groups is 1. The Labute approximate surface area is 206 Å². The van der Waals surface area contributed by atoms with Gasteiger partial charge < -0.3 is 19.5 Å². The van der Waals surface area contributed by atoms with Gasteiger partial charge in [-0.25, -0.2) is 4.79 Å². The quantitative estimate of drug-likeness (QED) is 0.404. The zero-order valence-electron chi connectivity index (χ0n) is 19.1. The minimum Gasteiger partial charge on any atom is -0.486 e. The Balaban J connectivity index is 1.29. The molecule has 0 radical (unpaired) electrons. The lowest BCUT2D eigenvalue weighted by Crippen LogP contribution is -2.47. The van der Waals surface area contributed by atoms with Crippen molar-refractivity contribution < 1.29 is 33.4 Å². The summed E-state index contributed by atoms with van der Waals surface area (Å²) in [4.78, 5) is 52.6. The Morgan fingerprint density at radius 3 is 2.19 bits per heavy atom. The van der Waals surface area contributed by atoms with Crippen molar-refractivity contribution >= 4 is 29.4 Å². The molecule has 0 saturated heterocycles. The van der Waals surface area contributed by atoms with Crippen LogP contribution < -0.4 is 14.8 Å². The van der Waals surface area contributed by atoms with Crippen LogP contribution in [0.4, 0.5) is 5.69 Å². The summed E-state index contributed by atoms with van der Waals surface area (Å²) < 4.78 is 16.2. The maximum absolute atomic E-state index is 13.1. The van der Waals surface area contributed by atoms with Gasteiger partial charge in [-0.1, -0.05) is 42.5 Å². The molecule has 9 heteroatoms. The van der Waals surface area contributed by atoms with Crippen molar-refractivity contribution in [2.75, 3.05) is 25.1 Å². The molecule has 0 saturated carbocycles. The van der Waals surface area contributed by atoms with Crippen LogP contribution in [0.25, 0.3) is 0 Å². The third-order valence-corrected chi connectivity index (χ3v) is 5.85. The Kier molecular flexibility index (Phi) is 6.36. The Bertz CT molecular complexity index is 1300. The number of hydrogen-bond acceptors (Lipinski definition) is 7. The zero-order chi connectivity index (χ0) is 25.1. The fourth-order valence-electron chi connectivity index (χ4n) is 4.16. The molecular weight excluding hydrogens is 464 g/mol. The van der Waals surface area contributed by atoms with E-state index in [2.05, 4.69) is 5.32 Å². The van der Waals surface area contributed by atoms with Crippen LogP contribution in [-0.4, -0.2) is 54.5 Å². The van der Waals surface area contributed by atoms with E-state index in [0.717, 1.165) is 10.5 Å². The second-order valence-corrected chi connectivity index (χ2v) is 8.25. The second kappa shape index (κ2) is 9.91. The highest BCUT2D eigenvalue weighted by Crippen LogP contribution is 2.32. The molecule has 2 aliphatic rings. The minimum absolute atomic E-state index is 0.0505. The van der Waals surface area contributed by atoms with E-state index in [1.165, 1.54) is 0 Å². The largest absolute Gasteiger partial charge is 0.486 e. The number of nitrogens with one attached hydrogen (secondary N) is 1. The molecule has 3 amide bonds. The number of fused-ring (bicyclic) bond motifs is 2. The van der Waals surface area contributed by atoms with Crippen LogP contribution in [0.1, 0.15) is 26.3 Å². The predicted octanol–water partition coefficient (Wildman–Crippen LogP) is 2.85. The monoisotopic (exact) mass is 486 g/mol. The number of ether oxygens (including phenoxy) is 3. The van der Waals surface area contributed by atoms with Gasteiger partial charge in [-0.2, -0.15) is 0 Å². The zero-order valence-corrected chi connectivity index (χ0v) is 19.1. The van der Waals surface area contributed by atoms with Crippen LogP contribution in [0.2, 0.25) is 0 Å². The van der Waals surface area contributed by atoms with Crippen LogP contribution in [-0.2, 0) is 20.7 Å². The molecule has 182 valence electrons. The van der Waals surface area contributed by atoms with E-state index in [4.69, 9.17) is 14.2 Å². The third-order valence-electron chi connectivity index (χ3n) is 5.85. The van der Waals surface area contributed by atoms with Gasteiger partial charge in [0.25, 0.3) is 17.7 Å². The van der Waals surface area contributed by atoms with Crippen LogP contribution in [0, 0.1) is 0 Å². The summed E-state index contributed by atoms with van der Waals surface area (Å²) in [5.41, 5.74) is 1.63. The van der Waals surface area contributed by atoms with Gasteiger partial charge in [0.05, 0.1) is 11.1 Å². The molecule has 2 aliphatic heterocycles. The summed E-state index contributed by atoms with van der Waals surface area (Å²) in [6, 6.07) is 19.1. The maximum Gasteiger partial charge on any atom is 0.330 e.